The zero-order valence-electron chi connectivity index (χ0n) is 14.6. The Morgan fingerprint density at radius 1 is 1.26 bits per heavy atom. The van der Waals surface area contributed by atoms with Crippen molar-refractivity contribution >= 4 is 40.6 Å². The van der Waals surface area contributed by atoms with Crippen molar-refractivity contribution < 1.29 is 19.4 Å². The van der Waals surface area contributed by atoms with Gasteiger partial charge in [0, 0.05) is 0 Å². The Balaban J connectivity index is 1.73. The van der Waals surface area contributed by atoms with Gasteiger partial charge >= 0.3 is 5.97 Å². The number of nitrogens with one attached hydrogen (secondary N) is 1. The molecule has 0 radical (unpaired) electrons. The standard InChI is InChI=1S/C20H18N2O4S/c1-2-13-6-8-15(9-7-13)21-20-22-19(25)17(27-20)11-14-4-3-5-16(10-14)26-12-18(23)24/h3-11H,2,12H2,1H3,(H,23,24)(H,21,22,25)/b17-11+. The molecule has 27 heavy (non-hydrogen) atoms. The first kappa shape index (κ1) is 18.7. The lowest BCUT2D eigenvalue weighted by atomic mass is 10.2. The van der Waals surface area contributed by atoms with Gasteiger partial charge in [0.15, 0.2) is 11.8 Å². The van der Waals surface area contributed by atoms with Crippen LogP contribution in [0.4, 0.5) is 5.69 Å². The van der Waals surface area contributed by atoms with Crippen molar-refractivity contribution in [1.82, 2.24) is 5.32 Å². The van der Waals surface area contributed by atoms with E-state index in [2.05, 4.69) is 17.2 Å². The fraction of sp³-hybridized carbons (Fsp3) is 0.150. The summed E-state index contributed by atoms with van der Waals surface area (Å²) in [5.74, 6) is -0.835. The molecule has 2 N–H and O–H groups in total. The van der Waals surface area contributed by atoms with Crippen molar-refractivity contribution in [3.05, 3.63) is 64.6 Å². The number of benzene rings is 2. The van der Waals surface area contributed by atoms with Crippen molar-refractivity contribution in [3.8, 4) is 5.75 Å². The number of hydrogen-bond donors (Lipinski definition) is 2. The molecule has 3 rings (SSSR count). The van der Waals surface area contributed by atoms with Gasteiger partial charge in [0.05, 0.1) is 10.6 Å². The van der Waals surface area contributed by atoms with Gasteiger partial charge in [-0.3, -0.25) is 4.79 Å². The largest absolute Gasteiger partial charge is 0.482 e. The molecule has 0 aliphatic carbocycles. The number of nitrogens with zero attached hydrogens (tertiary/aromatic N) is 1. The number of aliphatic imine (C=N–C) groups is 1. The van der Waals surface area contributed by atoms with Crippen LogP contribution in [0.2, 0.25) is 0 Å². The van der Waals surface area contributed by atoms with E-state index in [4.69, 9.17) is 9.84 Å². The number of ether oxygens (including phenoxy) is 1. The number of amides is 1. The van der Waals surface area contributed by atoms with E-state index in [0.717, 1.165) is 17.7 Å². The Morgan fingerprint density at radius 2 is 2.04 bits per heavy atom. The summed E-state index contributed by atoms with van der Waals surface area (Å²) in [5.41, 5.74) is 2.75. The van der Waals surface area contributed by atoms with Crippen molar-refractivity contribution in [2.24, 2.45) is 4.99 Å². The molecule has 1 saturated heterocycles. The quantitative estimate of drug-likeness (QED) is 0.745. The van der Waals surface area contributed by atoms with Crippen LogP contribution in [0.3, 0.4) is 0 Å². The number of rotatable bonds is 6. The minimum absolute atomic E-state index is 0.221. The molecule has 0 atom stereocenters. The lowest BCUT2D eigenvalue weighted by molar-refractivity contribution is -0.139. The van der Waals surface area contributed by atoms with Gasteiger partial charge in [0.1, 0.15) is 5.75 Å². The SMILES string of the molecule is CCc1ccc(N=C2NC(=O)/C(=C\c3cccc(OCC(=O)O)c3)S2)cc1. The maximum Gasteiger partial charge on any atom is 0.341 e. The molecular weight excluding hydrogens is 364 g/mol. The second kappa shape index (κ2) is 8.55. The predicted octanol–water partition coefficient (Wildman–Crippen LogP) is 3.60. The van der Waals surface area contributed by atoms with Crippen LogP contribution in [0, 0.1) is 0 Å². The molecule has 6 nitrogen and oxygen atoms in total. The smallest absolute Gasteiger partial charge is 0.341 e. The summed E-state index contributed by atoms with van der Waals surface area (Å²) in [6, 6.07) is 14.8. The minimum Gasteiger partial charge on any atom is -0.482 e. The third kappa shape index (κ3) is 5.21. The maximum absolute atomic E-state index is 12.2. The number of thioether (sulfide) groups is 1. The number of carboxylic acid groups (broad SMARTS) is 1. The first-order valence-electron chi connectivity index (χ1n) is 8.36. The molecule has 1 aliphatic heterocycles. The highest BCUT2D eigenvalue weighted by atomic mass is 32.2. The van der Waals surface area contributed by atoms with Gasteiger partial charge in [-0.25, -0.2) is 9.79 Å². The van der Waals surface area contributed by atoms with Crippen LogP contribution in [0.1, 0.15) is 18.1 Å². The van der Waals surface area contributed by atoms with Crippen LogP contribution in [0.25, 0.3) is 6.08 Å². The Kier molecular flexibility index (Phi) is 5.93. The van der Waals surface area contributed by atoms with E-state index in [1.165, 1.54) is 17.3 Å². The van der Waals surface area contributed by atoms with E-state index < -0.39 is 12.6 Å². The topological polar surface area (TPSA) is 88.0 Å². The third-order valence-corrected chi connectivity index (χ3v) is 4.65. The molecule has 0 saturated carbocycles. The second-order valence-electron chi connectivity index (χ2n) is 5.76. The van der Waals surface area contributed by atoms with Crippen LogP contribution in [0.5, 0.6) is 5.75 Å². The van der Waals surface area contributed by atoms with Crippen LogP contribution < -0.4 is 10.1 Å². The van der Waals surface area contributed by atoms with Crippen molar-refractivity contribution in [2.75, 3.05) is 6.61 Å². The van der Waals surface area contributed by atoms with E-state index in [9.17, 15) is 9.59 Å². The summed E-state index contributed by atoms with van der Waals surface area (Å²) in [5, 5.41) is 12.0. The van der Waals surface area contributed by atoms with Crippen LogP contribution in [-0.4, -0.2) is 28.8 Å². The van der Waals surface area contributed by atoms with E-state index in [1.54, 1.807) is 24.3 Å². The van der Waals surface area contributed by atoms with Crippen molar-refractivity contribution in [1.29, 1.82) is 0 Å². The van der Waals surface area contributed by atoms with E-state index in [-0.39, 0.29) is 5.91 Å². The maximum atomic E-state index is 12.2. The van der Waals surface area contributed by atoms with Gasteiger partial charge in [0.2, 0.25) is 0 Å². The summed E-state index contributed by atoms with van der Waals surface area (Å²) in [4.78, 5) is 27.8. The zero-order chi connectivity index (χ0) is 19.2. The molecule has 138 valence electrons. The van der Waals surface area contributed by atoms with Gasteiger partial charge in [-0.2, -0.15) is 0 Å². The molecule has 2 aromatic rings. The normalized spacial score (nSPS) is 16.6. The lowest BCUT2D eigenvalue weighted by Gasteiger charge is -2.03. The zero-order valence-corrected chi connectivity index (χ0v) is 15.5. The fourth-order valence-corrected chi connectivity index (χ4v) is 3.24. The summed E-state index contributed by atoms with van der Waals surface area (Å²) in [7, 11) is 0. The summed E-state index contributed by atoms with van der Waals surface area (Å²) >= 11 is 1.26. The Morgan fingerprint density at radius 3 is 2.74 bits per heavy atom. The highest BCUT2D eigenvalue weighted by molar-refractivity contribution is 8.18. The number of aryl methyl sites for hydroxylation is 1. The molecule has 1 amide bonds. The minimum atomic E-state index is -1.04. The fourth-order valence-electron chi connectivity index (χ4n) is 2.39. The highest BCUT2D eigenvalue weighted by Gasteiger charge is 2.23. The van der Waals surface area contributed by atoms with E-state index in [0.29, 0.717) is 15.8 Å². The van der Waals surface area contributed by atoms with Gasteiger partial charge in [-0.1, -0.05) is 31.2 Å². The van der Waals surface area contributed by atoms with Crippen molar-refractivity contribution in [2.45, 2.75) is 13.3 Å². The average molecular weight is 382 g/mol. The number of carbonyl (C=O) groups excluding carboxylic acids is 1. The number of carbonyl (C=O) groups is 2. The highest BCUT2D eigenvalue weighted by Crippen LogP contribution is 2.28. The average Bonchev–Trinajstić information content (AvgIpc) is 3.00. The lowest BCUT2D eigenvalue weighted by Crippen LogP contribution is -2.19. The van der Waals surface area contributed by atoms with Crippen LogP contribution in [0.15, 0.2) is 58.4 Å². The molecule has 1 aliphatic rings. The molecule has 7 heteroatoms. The molecular formula is C20H18N2O4S. The van der Waals surface area contributed by atoms with Gasteiger partial charge in [0.25, 0.3) is 5.91 Å². The van der Waals surface area contributed by atoms with Gasteiger partial charge in [-0.05, 0) is 59.7 Å². The molecule has 1 heterocycles. The molecule has 0 aromatic heterocycles. The van der Waals surface area contributed by atoms with Gasteiger partial charge in [-0.15, -0.1) is 0 Å². The number of aliphatic carboxylic acids is 1. The van der Waals surface area contributed by atoms with Gasteiger partial charge < -0.3 is 15.2 Å². The third-order valence-electron chi connectivity index (χ3n) is 3.74. The second-order valence-corrected chi connectivity index (χ2v) is 6.79. The Labute approximate surface area is 161 Å². The molecule has 0 unspecified atom stereocenters. The molecule has 0 bridgehead atoms. The monoisotopic (exact) mass is 382 g/mol. The van der Waals surface area contributed by atoms with E-state index in [1.807, 2.05) is 30.3 Å². The number of hydrogen-bond acceptors (Lipinski definition) is 5. The summed E-state index contributed by atoms with van der Waals surface area (Å²) < 4.78 is 5.16. The Bertz CT molecular complexity index is 920. The molecule has 2 aromatic carbocycles. The number of carboxylic acids is 1. The first-order chi connectivity index (χ1) is 13.0. The summed E-state index contributed by atoms with van der Waals surface area (Å²) in [6.45, 7) is 1.68. The van der Waals surface area contributed by atoms with Crippen LogP contribution in [-0.2, 0) is 16.0 Å². The van der Waals surface area contributed by atoms with E-state index >= 15 is 0 Å². The predicted molar refractivity (Wildman–Crippen MR) is 106 cm³/mol. The van der Waals surface area contributed by atoms with Crippen LogP contribution >= 0.6 is 11.8 Å². The summed E-state index contributed by atoms with van der Waals surface area (Å²) in [6.07, 6.45) is 2.68. The first-order valence-corrected chi connectivity index (χ1v) is 9.18. The Hall–Kier alpha value is -3.06. The molecule has 1 fully saturated rings. The number of amidine groups is 1. The molecule has 0 spiro atoms. The van der Waals surface area contributed by atoms with Crippen molar-refractivity contribution in [3.63, 3.8) is 0 Å².